The number of benzene rings is 2. The van der Waals surface area contributed by atoms with E-state index in [1.54, 1.807) is 37.6 Å². The van der Waals surface area contributed by atoms with Crippen LogP contribution in [0.1, 0.15) is 60.5 Å². The number of aryl methyl sites for hydroxylation is 2. The molecule has 0 N–H and O–H groups in total. The number of methoxy groups -OCH3 is 3. The molecule has 424 valence electrons. The standard InChI is InChI=1S/C25H24F4N6O5S.C25H26F2N6O5S/c1-14-10-31-22(32-11-14)21(38-3)15(2)41(36,37)13-19-33-34-23(16-6-5-9-30-12-16)35(19)20-17(39-24(26)27)7-4-8-18(20)40-25(28)29;1-15-11-29-23(30-12-15)22(37-4)16(2)39(34,35)14-20-31-32-24(17-7-6-10-28-13-17)33(20)21-18(36-3)8-5-9-19(21)38-25(26)27/h4-12,15,21,24-25H,13H2,1-3H3;5-13,16,22,25H,14H2,1-4H3/t15-,21-;16-,22-/m00/s1. The Morgan fingerprint density at radius 2 is 0.838 bits per heavy atom. The summed E-state index contributed by atoms with van der Waals surface area (Å²) in [7, 11) is -4.17. The van der Waals surface area contributed by atoms with Crippen LogP contribution in [-0.2, 0) is 40.7 Å². The molecule has 8 rings (SSSR count). The van der Waals surface area contributed by atoms with E-state index < -0.39 is 90.9 Å². The Labute approximate surface area is 454 Å². The van der Waals surface area contributed by atoms with Crippen molar-refractivity contribution in [3.05, 3.63) is 145 Å². The van der Waals surface area contributed by atoms with E-state index in [-0.39, 0.29) is 57.7 Å². The van der Waals surface area contributed by atoms with Crippen LogP contribution in [0.4, 0.5) is 26.3 Å². The van der Waals surface area contributed by atoms with Crippen molar-refractivity contribution < 1.29 is 71.6 Å². The number of aromatic nitrogens is 12. The van der Waals surface area contributed by atoms with Gasteiger partial charge in [0.1, 0.15) is 40.8 Å². The Hall–Kier alpha value is -8.22. The lowest BCUT2D eigenvalue weighted by Crippen LogP contribution is -2.30. The van der Waals surface area contributed by atoms with E-state index in [1.165, 1.54) is 101 Å². The highest BCUT2D eigenvalue weighted by atomic mass is 32.2. The third-order valence-corrected chi connectivity index (χ3v) is 15.9. The van der Waals surface area contributed by atoms with Gasteiger partial charge in [0.15, 0.2) is 71.9 Å². The van der Waals surface area contributed by atoms with Crippen molar-refractivity contribution in [2.24, 2.45) is 0 Å². The van der Waals surface area contributed by atoms with E-state index >= 15 is 0 Å². The minimum absolute atomic E-state index is 0.00663. The molecule has 0 bridgehead atoms. The van der Waals surface area contributed by atoms with Gasteiger partial charge in [-0.3, -0.25) is 19.1 Å². The van der Waals surface area contributed by atoms with Gasteiger partial charge in [-0.2, -0.15) is 26.3 Å². The van der Waals surface area contributed by atoms with Gasteiger partial charge in [0, 0.05) is 74.9 Å². The molecule has 0 radical (unpaired) electrons. The number of ether oxygens (including phenoxy) is 6. The molecule has 80 heavy (non-hydrogen) atoms. The lowest BCUT2D eigenvalue weighted by molar-refractivity contribution is -0.0544. The van der Waals surface area contributed by atoms with Crippen LogP contribution in [0.3, 0.4) is 0 Å². The second kappa shape index (κ2) is 26.2. The summed E-state index contributed by atoms with van der Waals surface area (Å²) >= 11 is 0. The minimum Gasteiger partial charge on any atom is -0.494 e. The second-order valence-electron chi connectivity index (χ2n) is 17.2. The molecule has 2 aromatic carbocycles. The van der Waals surface area contributed by atoms with E-state index in [0.29, 0.717) is 5.56 Å². The lowest BCUT2D eigenvalue weighted by Gasteiger charge is -2.22. The average Bonchev–Trinajstić information content (AvgIpc) is 4.12. The zero-order valence-electron chi connectivity index (χ0n) is 43.4. The molecular formula is C50H50F6N12O10S2. The van der Waals surface area contributed by atoms with Crippen LogP contribution in [0.15, 0.2) is 110 Å². The highest BCUT2D eigenvalue weighted by molar-refractivity contribution is 7.91. The van der Waals surface area contributed by atoms with Gasteiger partial charge in [-0.15, -0.1) is 20.4 Å². The maximum atomic E-state index is 13.7. The molecule has 0 amide bonds. The van der Waals surface area contributed by atoms with Gasteiger partial charge in [-0.05, 0) is 87.4 Å². The van der Waals surface area contributed by atoms with Crippen LogP contribution in [0.2, 0.25) is 0 Å². The van der Waals surface area contributed by atoms with E-state index in [2.05, 4.69) is 59.8 Å². The number of rotatable bonds is 23. The van der Waals surface area contributed by atoms with Crippen LogP contribution >= 0.6 is 0 Å². The monoisotopic (exact) mass is 1160 g/mol. The lowest BCUT2D eigenvalue weighted by atomic mass is 10.2. The van der Waals surface area contributed by atoms with Crippen LogP contribution in [-0.4, -0.2) is 128 Å². The fourth-order valence-corrected chi connectivity index (χ4v) is 10.8. The normalized spacial score (nSPS) is 13.3. The Morgan fingerprint density at radius 3 is 1.15 bits per heavy atom. The smallest absolute Gasteiger partial charge is 0.387 e. The molecule has 0 aliphatic carbocycles. The number of halogens is 6. The number of pyridine rings is 2. The summed E-state index contributed by atoms with van der Waals surface area (Å²) in [6.45, 7) is -3.42. The molecule has 4 atom stereocenters. The van der Waals surface area contributed by atoms with Crippen LogP contribution in [0.25, 0.3) is 34.2 Å². The predicted octanol–water partition coefficient (Wildman–Crippen LogP) is 8.05. The summed E-state index contributed by atoms with van der Waals surface area (Å²) in [4.78, 5) is 24.8. The maximum absolute atomic E-state index is 13.7. The first-order valence-corrected chi connectivity index (χ1v) is 27.0. The molecule has 0 aliphatic rings. The molecule has 0 spiro atoms. The molecule has 8 aromatic rings. The number of para-hydroxylation sites is 2. The van der Waals surface area contributed by atoms with E-state index in [4.69, 9.17) is 18.9 Å². The first kappa shape index (κ1) is 59.4. The fourth-order valence-electron chi connectivity index (χ4n) is 7.95. The summed E-state index contributed by atoms with van der Waals surface area (Å²) in [6.07, 6.45) is 9.92. The fraction of sp³-hybridized carbons (Fsp3) is 0.320. The maximum Gasteiger partial charge on any atom is 0.387 e. The van der Waals surface area contributed by atoms with Gasteiger partial charge < -0.3 is 28.4 Å². The van der Waals surface area contributed by atoms with E-state index in [0.717, 1.165) is 33.9 Å². The Kier molecular flexibility index (Phi) is 19.4. The largest absolute Gasteiger partial charge is 0.494 e. The molecule has 0 unspecified atom stereocenters. The molecule has 6 aromatic heterocycles. The summed E-state index contributed by atoms with van der Waals surface area (Å²) in [5.74, 6) is -2.73. The van der Waals surface area contributed by atoms with Crippen LogP contribution in [0, 0.1) is 13.8 Å². The number of sulfone groups is 2. The Morgan fingerprint density at radius 1 is 0.487 bits per heavy atom. The van der Waals surface area contributed by atoms with Crippen molar-refractivity contribution in [3.63, 3.8) is 0 Å². The second-order valence-corrected chi connectivity index (χ2v) is 21.9. The van der Waals surface area contributed by atoms with Crippen molar-refractivity contribution in [1.29, 1.82) is 0 Å². The number of alkyl halides is 6. The van der Waals surface area contributed by atoms with Gasteiger partial charge in [0.2, 0.25) is 0 Å². The SMILES string of the molecule is CO[C@H](c1ncc(C)cn1)[C@H](C)S(=O)(=O)Cc1nnc(-c2cccnc2)n1-c1c(OC(F)F)cccc1OC(F)F.COc1cccc(OC(F)F)c1-n1c(CS(=O)(=O)[C@@H](C)[C@H](OC)c2ncc(C)cn2)nnc1-c1cccnc1. The van der Waals surface area contributed by atoms with E-state index in [1.807, 2.05) is 6.92 Å². The first-order valence-electron chi connectivity index (χ1n) is 23.6. The van der Waals surface area contributed by atoms with Gasteiger partial charge in [0.05, 0.1) is 17.6 Å². The Balaban J connectivity index is 0.000000231. The minimum atomic E-state index is -4.18. The summed E-state index contributed by atoms with van der Waals surface area (Å²) in [6, 6.07) is 14.0. The van der Waals surface area contributed by atoms with Crippen LogP contribution < -0.4 is 18.9 Å². The van der Waals surface area contributed by atoms with Crippen molar-refractivity contribution in [1.82, 2.24) is 59.4 Å². The quantitative estimate of drug-likeness (QED) is 0.0548. The number of nitrogens with zero attached hydrogens (tertiary/aromatic N) is 12. The molecule has 0 saturated carbocycles. The highest BCUT2D eigenvalue weighted by Crippen LogP contribution is 2.40. The van der Waals surface area contributed by atoms with Crippen molar-refractivity contribution in [3.8, 4) is 57.1 Å². The summed E-state index contributed by atoms with van der Waals surface area (Å²) in [5, 5.41) is 14.0. The van der Waals surface area contributed by atoms with Crippen LogP contribution in [0.5, 0.6) is 23.0 Å². The molecule has 22 nitrogen and oxygen atoms in total. The van der Waals surface area contributed by atoms with Crippen molar-refractivity contribution >= 4 is 19.7 Å². The summed E-state index contributed by atoms with van der Waals surface area (Å²) in [5.41, 5.74) is 1.83. The highest BCUT2D eigenvalue weighted by Gasteiger charge is 2.38. The first-order chi connectivity index (χ1) is 38.2. The Bertz CT molecular complexity index is 3530. The van der Waals surface area contributed by atoms with E-state index in [9.17, 15) is 43.2 Å². The third kappa shape index (κ3) is 14.0. The molecule has 0 aliphatic heterocycles. The van der Waals surface area contributed by atoms with Gasteiger partial charge >= 0.3 is 19.8 Å². The average molecular weight is 1160 g/mol. The molecule has 30 heteroatoms. The molecule has 0 fully saturated rings. The third-order valence-electron chi connectivity index (χ3n) is 11.8. The zero-order chi connectivity index (χ0) is 57.9. The number of hydrogen-bond donors (Lipinski definition) is 0. The van der Waals surface area contributed by atoms with Crippen molar-refractivity contribution in [2.75, 3.05) is 21.3 Å². The molecule has 0 saturated heterocycles. The topological polar surface area (TPSA) is 262 Å². The molecular weight excluding hydrogens is 1110 g/mol. The van der Waals surface area contributed by atoms with Gasteiger partial charge in [0.25, 0.3) is 0 Å². The summed E-state index contributed by atoms with van der Waals surface area (Å²) < 4.78 is 167. The predicted molar refractivity (Wildman–Crippen MR) is 273 cm³/mol. The molecule has 6 heterocycles. The zero-order valence-corrected chi connectivity index (χ0v) is 45.0. The van der Waals surface area contributed by atoms with Crippen molar-refractivity contribution in [2.45, 2.75) is 81.7 Å². The van der Waals surface area contributed by atoms with Gasteiger partial charge in [-0.25, -0.2) is 36.8 Å². The number of hydrogen-bond acceptors (Lipinski definition) is 20. The van der Waals surface area contributed by atoms with Gasteiger partial charge in [-0.1, -0.05) is 12.1 Å².